The highest BCUT2D eigenvalue weighted by Crippen LogP contribution is 2.38. The Morgan fingerprint density at radius 2 is 1.76 bits per heavy atom. The number of halogens is 1. The molecule has 268 valence electrons. The number of hydrogen-bond donors (Lipinski definition) is 1. The average molecular weight is 733 g/mol. The molecule has 3 heterocycles. The van der Waals surface area contributed by atoms with Crippen molar-refractivity contribution in [2.75, 3.05) is 45.6 Å². The van der Waals surface area contributed by atoms with Gasteiger partial charge in [-0.2, -0.15) is 13.7 Å². The summed E-state index contributed by atoms with van der Waals surface area (Å²) in [6.07, 6.45) is 4.83. The van der Waals surface area contributed by atoms with Crippen LogP contribution in [0.15, 0.2) is 67.0 Å². The van der Waals surface area contributed by atoms with E-state index < -0.39 is 10.1 Å². The Bertz CT molecular complexity index is 2010. The van der Waals surface area contributed by atoms with Crippen LogP contribution in [0.3, 0.4) is 0 Å². The molecule has 4 aromatic rings. The van der Waals surface area contributed by atoms with Gasteiger partial charge in [0.1, 0.15) is 44.0 Å². The van der Waals surface area contributed by atoms with Crippen molar-refractivity contribution >= 4 is 21.7 Å². The van der Waals surface area contributed by atoms with Crippen LogP contribution in [0.5, 0.6) is 23.0 Å². The minimum atomic E-state index is -4.18. The van der Waals surface area contributed by atoms with Gasteiger partial charge in [0.05, 0.1) is 16.3 Å². The van der Waals surface area contributed by atoms with E-state index in [-0.39, 0.29) is 31.6 Å². The van der Waals surface area contributed by atoms with Crippen molar-refractivity contribution in [2.45, 2.75) is 45.6 Å². The predicted octanol–water partition coefficient (Wildman–Crippen LogP) is 6.30. The number of hydrogen-bond acceptors (Lipinski definition) is 10. The van der Waals surface area contributed by atoms with Gasteiger partial charge in [-0.15, -0.1) is 0 Å². The summed E-state index contributed by atoms with van der Waals surface area (Å²) in [6, 6.07) is 19.5. The van der Waals surface area contributed by atoms with E-state index in [1.807, 2.05) is 30.3 Å². The largest absolute Gasteiger partial charge is 0.488 e. The van der Waals surface area contributed by atoms with E-state index in [4.69, 9.17) is 30.5 Å². The predicted molar refractivity (Wildman–Crippen MR) is 194 cm³/mol. The number of piperidine rings is 1. The van der Waals surface area contributed by atoms with Gasteiger partial charge in [-0.25, -0.2) is 0 Å². The maximum atomic E-state index is 11.8. The van der Waals surface area contributed by atoms with Crippen LogP contribution in [0.2, 0.25) is 5.02 Å². The average Bonchev–Trinajstić information content (AvgIpc) is 3.13. The Balaban J connectivity index is 1.27. The zero-order valence-corrected chi connectivity index (χ0v) is 30.3. The van der Waals surface area contributed by atoms with Gasteiger partial charge in [0.25, 0.3) is 10.1 Å². The molecule has 0 radical (unpaired) electrons. The number of rotatable bonds is 13. The summed E-state index contributed by atoms with van der Waals surface area (Å²) in [5.74, 6) is 2.00. The first-order valence-corrected chi connectivity index (χ1v) is 18.8. The number of fused-ring (bicyclic) bond motifs is 1. The zero-order chi connectivity index (χ0) is 36.0. The van der Waals surface area contributed by atoms with Crippen LogP contribution < -0.4 is 18.9 Å². The fourth-order valence-electron chi connectivity index (χ4n) is 6.45. The summed E-state index contributed by atoms with van der Waals surface area (Å²) in [7, 11) is -2.11. The maximum Gasteiger partial charge on any atom is 0.266 e. The summed E-state index contributed by atoms with van der Waals surface area (Å²) in [4.78, 5) is 8.47. The second-order valence-electron chi connectivity index (χ2n) is 12.9. The van der Waals surface area contributed by atoms with Crippen LogP contribution in [0.1, 0.15) is 40.7 Å². The molecule has 0 spiro atoms. The van der Waals surface area contributed by atoms with Gasteiger partial charge >= 0.3 is 0 Å². The first-order valence-electron chi connectivity index (χ1n) is 16.8. The van der Waals surface area contributed by atoms with Gasteiger partial charge in [-0.3, -0.25) is 14.4 Å². The number of nitrogens with zero attached hydrogens (tertiary/aromatic N) is 4. The highest BCUT2D eigenvalue weighted by Gasteiger charge is 2.26. The molecule has 51 heavy (non-hydrogen) atoms. The van der Waals surface area contributed by atoms with Crippen molar-refractivity contribution < 1.29 is 31.9 Å². The van der Waals surface area contributed by atoms with Gasteiger partial charge in [-0.05, 0) is 86.4 Å². The first kappa shape index (κ1) is 36.4. The molecule has 1 saturated heterocycles. The number of nitriles is 1. The van der Waals surface area contributed by atoms with E-state index in [1.54, 1.807) is 24.4 Å². The SMILES string of the molecule is Cc1c(COc2cc(OCc3cncc(C#N)c3)c(CN(CCS(=O)(=O)O)C3CCN(C)CC3)cc2Cl)cccc1-c1ccc2c(c1)OCCO2. The third kappa shape index (κ3) is 9.49. The number of ether oxygens (including phenoxy) is 4. The Morgan fingerprint density at radius 3 is 2.53 bits per heavy atom. The summed E-state index contributed by atoms with van der Waals surface area (Å²) in [5.41, 5.74) is 5.95. The molecule has 6 rings (SSSR count). The van der Waals surface area contributed by atoms with Crippen LogP contribution in [-0.4, -0.2) is 79.4 Å². The van der Waals surface area contributed by atoms with E-state index in [0.717, 1.165) is 65.2 Å². The van der Waals surface area contributed by atoms with Crippen LogP contribution >= 0.6 is 11.6 Å². The molecule has 0 aliphatic carbocycles. The molecule has 11 nitrogen and oxygen atoms in total. The Kier molecular flexibility index (Phi) is 11.6. The number of pyridine rings is 1. The summed E-state index contributed by atoms with van der Waals surface area (Å²) < 4.78 is 57.4. The van der Waals surface area contributed by atoms with Crippen LogP contribution in [0.25, 0.3) is 11.1 Å². The van der Waals surface area contributed by atoms with E-state index in [2.05, 4.69) is 40.9 Å². The Hall–Kier alpha value is -4.38. The van der Waals surface area contributed by atoms with E-state index in [0.29, 0.717) is 47.4 Å². The zero-order valence-electron chi connectivity index (χ0n) is 28.7. The lowest BCUT2D eigenvalue weighted by Gasteiger charge is -2.37. The fraction of sp³-hybridized carbons (Fsp3) is 0.368. The molecule has 2 aliphatic rings. The minimum Gasteiger partial charge on any atom is -0.488 e. The van der Waals surface area contributed by atoms with Crippen molar-refractivity contribution in [2.24, 2.45) is 0 Å². The second kappa shape index (κ2) is 16.3. The molecular formula is C38H41ClN4O7S. The molecule has 0 saturated carbocycles. The van der Waals surface area contributed by atoms with Crippen molar-refractivity contribution in [3.8, 4) is 40.2 Å². The third-order valence-electron chi connectivity index (χ3n) is 9.33. The summed E-state index contributed by atoms with van der Waals surface area (Å²) in [6.45, 7) is 5.71. The molecule has 0 bridgehead atoms. The smallest absolute Gasteiger partial charge is 0.266 e. The number of benzene rings is 3. The van der Waals surface area contributed by atoms with Crippen LogP contribution in [-0.2, 0) is 29.9 Å². The van der Waals surface area contributed by atoms with Gasteiger partial charge in [0.2, 0.25) is 0 Å². The molecule has 3 aromatic carbocycles. The van der Waals surface area contributed by atoms with Gasteiger partial charge in [-0.1, -0.05) is 35.9 Å². The molecular weight excluding hydrogens is 692 g/mol. The topological polar surface area (TPSA) is 134 Å². The minimum absolute atomic E-state index is 0.103. The molecule has 0 amide bonds. The highest BCUT2D eigenvalue weighted by atomic mass is 35.5. The van der Waals surface area contributed by atoms with Crippen molar-refractivity contribution in [1.82, 2.24) is 14.8 Å². The molecule has 1 aromatic heterocycles. The van der Waals surface area contributed by atoms with Gasteiger partial charge < -0.3 is 23.8 Å². The lowest BCUT2D eigenvalue weighted by molar-refractivity contribution is 0.118. The monoisotopic (exact) mass is 732 g/mol. The van der Waals surface area contributed by atoms with Gasteiger partial charge in [0, 0.05) is 48.7 Å². The van der Waals surface area contributed by atoms with Crippen molar-refractivity contribution in [3.63, 3.8) is 0 Å². The quantitative estimate of drug-likeness (QED) is 0.155. The van der Waals surface area contributed by atoms with Crippen molar-refractivity contribution in [1.29, 1.82) is 5.26 Å². The third-order valence-corrected chi connectivity index (χ3v) is 10.3. The first-order chi connectivity index (χ1) is 24.6. The van der Waals surface area contributed by atoms with Crippen LogP contribution in [0, 0.1) is 18.3 Å². The summed E-state index contributed by atoms with van der Waals surface area (Å²) >= 11 is 6.88. The number of aromatic nitrogens is 1. The lowest BCUT2D eigenvalue weighted by atomic mass is 9.96. The van der Waals surface area contributed by atoms with Gasteiger partial charge in [0.15, 0.2) is 11.5 Å². The number of likely N-dealkylation sites (tertiary alicyclic amines) is 1. The molecule has 1 N–H and O–H groups in total. The fourth-order valence-corrected chi connectivity index (χ4v) is 7.16. The van der Waals surface area contributed by atoms with E-state index in [9.17, 15) is 18.2 Å². The van der Waals surface area contributed by atoms with Crippen LogP contribution in [0.4, 0.5) is 0 Å². The molecule has 2 aliphatic heterocycles. The second-order valence-corrected chi connectivity index (χ2v) is 14.9. The maximum absolute atomic E-state index is 11.8. The molecule has 0 atom stereocenters. The Morgan fingerprint density at radius 1 is 1.00 bits per heavy atom. The van der Waals surface area contributed by atoms with Crippen molar-refractivity contribution in [3.05, 3.63) is 99.8 Å². The highest BCUT2D eigenvalue weighted by molar-refractivity contribution is 7.85. The molecule has 0 unspecified atom stereocenters. The van der Waals surface area contributed by atoms with E-state index in [1.165, 1.54) is 6.20 Å². The Labute approximate surface area is 304 Å². The standard InChI is InChI=1S/C38H41ClN4O7S/c1-26-30(4-3-5-33(26)29-6-7-35-38(18-29)48-14-13-47-35)25-50-37-19-36(49-24-28-16-27(20-40)21-41-22-28)31(17-34(37)39)23-43(12-15-51(44,45)46)32-8-10-42(2)11-9-32/h3-7,16-19,21-22,32H,8-15,23-25H2,1-2H3,(H,44,45,46). The normalized spacial score (nSPS) is 15.1. The van der Waals surface area contributed by atoms with E-state index >= 15 is 0 Å². The molecule has 13 heteroatoms. The summed E-state index contributed by atoms with van der Waals surface area (Å²) in [5, 5.41) is 9.74. The lowest BCUT2D eigenvalue weighted by Crippen LogP contribution is -2.45. The molecule has 1 fully saturated rings.